The molecule has 2 N–H and O–H groups in total. The van der Waals surface area contributed by atoms with Crippen molar-refractivity contribution in [1.82, 2.24) is 5.32 Å². The van der Waals surface area contributed by atoms with Crippen molar-refractivity contribution in [3.05, 3.63) is 0 Å². The fourth-order valence-corrected chi connectivity index (χ4v) is 2.39. The number of carboxylic acid groups (broad SMARTS) is 1. The maximum absolute atomic E-state index is 11.8. The topological polar surface area (TPSA) is 75.6 Å². The summed E-state index contributed by atoms with van der Waals surface area (Å²) in [5.41, 5.74) is -1.82. The van der Waals surface area contributed by atoms with Crippen molar-refractivity contribution in [2.24, 2.45) is 5.41 Å². The Morgan fingerprint density at radius 2 is 1.74 bits per heavy atom. The van der Waals surface area contributed by atoms with Crippen molar-refractivity contribution >= 4 is 12.1 Å². The van der Waals surface area contributed by atoms with Gasteiger partial charge in [0.05, 0.1) is 5.41 Å². The van der Waals surface area contributed by atoms with Crippen LogP contribution in [0.25, 0.3) is 0 Å². The number of amides is 1. The van der Waals surface area contributed by atoms with E-state index >= 15 is 0 Å². The van der Waals surface area contributed by atoms with Crippen LogP contribution in [0.3, 0.4) is 0 Å². The molecule has 1 aliphatic carbocycles. The zero-order valence-corrected chi connectivity index (χ0v) is 12.5. The molecule has 1 aliphatic rings. The second-order valence-corrected chi connectivity index (χ2v) is 7.13. The zero-order chi connectivity index (χ0) is 14.9. The molecule has 0 spiro atoms. The molecule has 0 aliphatic heterocycles. The number of carbonyl (C=O) groups excluding carboxylic acids is 1. The number of ether oxygens (including phenoxy) is 1. The molecule has 0 aromatic rings. The molecular formula is C14H25NO4. The first-order chi connectivity index (χ1) is 8.46. The third-order valence-electron chi connectivity index (χ3n) is 3.44. The van der Waals surface area contributed by atoms with Crippen molar-refractivity contribution in [1.29, 1.82) is 0 Å². The molecule has 0 unspecified atom stereocenters. The summed E-state index contributed by atoms with van der Waals surface area (Å²) in [6.45, 7) is 8.79. The number of alkyl carbamates (subject to hydrolysis) is 1. The molecule has 0 bridgehead atoms. The summed E-state index contributed by atoms with van der Waals surface area (Å²) >= 11 is 0. The average Bonchev–Trinajstić information content (AvgIpc) is 2.10. The highest BCUT2D eigenvalue weighted by Gasteiger charge is 2.45. The van der Waals surface area contributed by atoms with Gasteiger partial charge in [0.25, 0.3) is 0 Å². The van der Waals surface area contributed by atoms with Crippen LogP contribution >= 0.6 is 0 Å². The predicted octanol–water partition coefficient (Wildman–Crippen LogP) is 2.93. The maximum atomic E-state index is 11.8. The van der Waals surface area contributed by atoms with E-state index in [-0.39, 0.29) is 0 Å². The second-order valence-electron chi connectivity index (χ2n) is 7.13. The van der Waals surface area contributed by atoms with Gasteiger partial charge in [0.1, 0.15) is 5.60 Å². The van der Waals surface area contributed by atoms with Crippen molar-refractivity contribution in [3.63, 3.8) is 0 Å². The Bertz CT molecular complexity index is 364. The lowest BCUT2D eigenvalue weighted by Crippen LogP contribution is -2.57. The lowest BCUT2D eigenvalue weighted by molar-refractivity contribution is -0.149. The van der Waals surface area contributed by atoms with Gasteiger partial charge in [0.15, 0.2) is 0 Å². The summed E-state index contributed by atoms with van der Waals surface area (Å²) in [4.78, 5) is 23.1. The largest absolute Gasteiger partial charge is 0.481 e. The van der Waals surface area contributed by atoms with Crippen LogP contribution < -0.4 is 5.32 Å². The number of carboxylic acids is 1. The monoisotopic (exact) mass is 271 g/mol. The molecule has 5 heteroatoms. The van der Waals surface area contributed by atoms with E-state index in [1.807, 2.05) is 0 Å². The van der Waals surface area contributed by atoms with Crippen LogP contribution in [0.1, 0.15) is 60.3 Å². The zero-order valence-electron chi connectivity index (χ0n) is 12.5. The predicted molar refractivity (Wildman–Crippen MR) is 72.0 cm³/mol. The lowest BCUT2D eigenvalue weighted by atomic mass is 9.67. The third-order valence-corrected chi connectivity index (χ3v) is 3.44. The molecule has 0 atom stereocenters. The van der Waals surface area contributed by atoms with Gasteiger partial charge in [-0.2, -0.15) is 0 Å². The van der Waals surface area contributed by atoms with Crippen molar-refractivity contribution < 1.29 is 19.4 Å². The molecule has 110 valence electrons. The SMILES string of the molecule is CC(C)(C)OC(=O)NC1(CC(C)(C)C(=O)O)CCC1. The Labute approximate surface area is 114 Å². The van der Waals surface area contributed by atoms with Gasteiger partial charge in [-0.05, 0) is 60.3 Å². The van der Waals surface area contributed by atoms with Gasteiger partial charge >= 0.3 is 12.1 Å². The van der Waals surface area contributed by atoms with E-state index in [1.165, 1.54) is 0 Å². The molecule has 0 aromatic heterocycles. The summed E-state index contributed by atoms with van der Waals surface area (Å²) in [7, 11) is 0. The van der Waals surface area contributed by atoms with E-state index in [0.29, 0.717) is 6.42 Å². The Kier molecular flexibility index (Phi) is 4.17. The maximum Gasteiger partial charge on any atom is 0.408 e. The van der Waals surface area contributed by atoms with Gasteiger partial charge in [0, 0.05) is 5.54 Å². The van der Waals surface area contributed by atoms with E-state index in [9.17, 15) is 14.7 Å². The highest BCUT2D eigenvalue weighted by atomic mass is 16.6. The Morgan fingerprint density at radius 1 is 1.21 bits per heavy atom. The minimum atomic E-state index is -0.852. The average molecular weight is 271 g/mol. The smallest absolute Gasteiger partial charge is 0.408 e. The molecule has 0 saturated heterocycles. The third kappa shape index (κ3) is 4.40. The van der Waals surface area contributed by atoms with E-state index in [4.69, 9.17) is 4.74 Å². The molecule has 1 fully saturated rings. The number of carbonyl (C=O) groups is 2. The van der Waals surface area contributed by atoms with Crippen LogP contribution in [0.5, 0.6) is 0 Å². The van der Waals surface area contributed by atoms with Crippen LogP contribution in [-0.2, 0) is 9.53 Å². The number of rotatable bonds is 4. The van der Waals surface area contributed by atoms with Gasteiger partial charge in [-0.25, -0.2) is 4.79 Å². The van der Waals surface area contributed by atoms with E-state index in [0.717, 1.165) is 19.3 Å². The highest BCUT2D eigenvalue weighted by molar-refractivity contribution is 5.74. The fraction of sp³-hybridized carbons (Fsp3) is 0.857. The number of hydrogen-bond acceptors (Lipinski definition) is 3. The van der Waals surface area contributed by atoms with Crippen LogP contribution in [0.15, 0.2) is 0 Å². The summed E-state index contributed by atoms with van der Waals surface area (Å²) in [5, 5.41) is 12.1. The van der Waals surface area contributed by atoms with Crippen molar-refractivity contribution in [3.8, 4) is 0 Å². The van der Waals surface area contributed by atoms with Gasteiger partial charge in [0.2, 0.25) is 0 Å². The molecule has 0 aromatic carbocycles. The van der Waals surface area contributed by atoms with Crippen molar-refractivity contribution in [2.75, 3.05) is 0 Å². The Morgan fingerprint density at radius 3 is 2.05 bits per heavy atom. The fourth-order valence-electron chi connectivity index (χ4n) is 2.39. The standard InChI is InChI=1S/C14H25NO4/c1-12(2,3)19-11(18)15-14(7-6-8-14)9-13(4,5)10(16)17/h6-9H2,1-5H3,(H,15,18)(H,16,17). The van der Waals surface area contributed by atoms with Crippen molar-refractivity contribution in [2.45, 2.75) is 71.4 Å². The quantitative estimate of drug-likeness (QED) is 0.824. The first kappa shape index (κ1) is 15.8. The van der Waals surface area contributed by atoms with Crippen LogP contribution in [0.2, 0.25) is 0 Å². The molecular weight excluding hydrogens is 246 g/mol. The number of hydrogen-bond donors (Lipinski definition) is 2. The summed E-state index contributed by atoms with van der Waals surface area (Å²) in [6.07, 6.45) is 2.58. The van der Waals surface area contributed by atoms with Gasteiger partial charge in [-0.1, -0.05) is 0 Å². The van der Waals surface area contributed by atoms with Crippen LogP contribution in [0, 0.1) is 5.41 Å². The molecule has 19 heavy (non-hydrogen) atoms. The molecule has 1 saturated carbocycles. The molecule has 0 heterocycles. The van der Waals surface area contributed by atoms with Gasteiger partial charge in [-0.3, -0.25) is 4.79 Å². The first-order valence-corrected chi connectivity index (χ1v) is 6.70. The minimum absolute atomic E-state index is 0.425. The molecule has 1 rings (SSSR count). The minimum Gasteiger partial charge on any atom is -0.481 e. The number of nitrogens with one attached hydrogen (secondary N) is 1. The van der Waals surface area contributed by atoms with Gasteiger partial charge < -0.3 is 15.2 Å². The van der Waals surface area contributed by atoms with E-state index < -0.39 is 28.6 Å². The highest BCUT2D eigenvalue weighted by Crippen LogP contribution is 2.41. The second kappa shape index (κ2) is 5.02. The summed E-state index contributed by atoms with van der Waals surface area (Å²) in [6, 6.07) is 0. The van der Waals surface area contributed by atoms with Crippen LogP contribution in [0.4, 0.5) is 4.79 Å². The van der Waals surface area contributed by atoms with Crippen LogP contribution in [-0.4, -0.2) is 28.3 Å². The molecule has 0 radical (unpaired) electrons. The Balaban J connectivity index is 2.67. The van der Waals surface area contributed by atoms with E-state index in [1.54, 1.807) is 34.6 Å². The first-order valence-electron chi connectivity index (χ1n) is 6.70. The molecule has 1 amide bonds. The van der Waals surface area contributed by atoms with Gasteiger partial charge in [-0.15, -0.1) is 0 Å². The normalized spacial score (nSPS) is 18.4. The van der Waals surface area contributed by atoms with E-state index in [2.05, 4.69) is 5.32 Å². The lowest BCUT2D eigenvalue weighted by Gasteiger charge is -2.45. The molecule has 5 nitrogen and oxygen atoms in total. The summed E-state index contributed by atoms with van der Waals surface area (Å²) in [5.74, 6) is -0.843. The number of aliphatic carboxylic acids is 1. The summed E-state index contributed by atoms with van der Waals surface area (Å²) < 4.78 is 5.25. The Hall–Kier alpha value is -1.26.